The molecule has 0 amide bonds. The van der Waals surface area contributed by atoms with Crippen molar-refractivity contribution in [2.45, 2.75) is 33.6 Å². The summed E-state index contributed by atoms with van der Waals surface area (Å²) in [6.07, 6.45) is 0. The number of oxazole rings is 1. The Bertz CT molecular complexity index is 624. The molecule has 0 saturated carbocycles. The number of fused-ring (bicyclic) bond motifs is 1. The molecule has 0 bridgehead atoms. The predicted molar refractivity (Wildman–Crippen MR) is 82.7 cm³/mol. The monoisotopic (exact) mass is 273 g/mol. The Hall–Kier alpha value is -1.55. The molecule has 1 aliphatic heterocycles. The summed E-state index contributed by atoms with van der Waals surface area (Å²) in [5, 5.41) is 3.40. The van der Waals surface area contributed by atoms with Gasteiger partial charge in [0.1, 0.15) is 5.52 Å². The fraction of sp³-hybridized carbons (Fsp3) is 0.562. The van der Waals surface area contributed by atoms with Crippen molar-refractivity contribution in [1.82, 2.24) is 10.3 Å². The van der Waals surface area contributed by atoms with Crippen LogP contribution in [-0.4, -0.2) is 31.2 Å². The lowest BCUT2D eigenvalue weighted by Crippen LogP contribution is -2.44. The van der Waals surface area contributed by atoms with Gasteiger partial charge in [-0.05, 0) is 25.5 Å². The largest absolute Gasteiger partial charge is 0.440 e. The van der Waals surface area contributed by atoms with Crippen LogP contribution in [0, 0.1) is 13.8 Å². The maximum absolute atomic E-state index is 5.89. The quantitative estimate of drug-likeness (QED) is 0.913. The number of aryl methyl sites for hydroxylation is 2. The Kier molecular flexibility index (Phi) is 3.42. The van der Waals surface area contributed by atoms with Gasteiger partial charge in [-0.3, -0.25) is 0 Å². The van der Waals surface area contributed by atoms with E-state index in [1.54, 1.807) is 0 Å². The molecule has 1 aromatic carbocycles. The second-order valence-electron chi connectivity index (χ2n) is 5.96. The molecule has 4 nitrogen and oxygen atoms in total. The molecule has 20 heavy (non-hydrogen) atoms. The van der Waals surface area contributed by atoms with E-state index < -0.39 is 0 Å². The van der Waals surface area contributed by atoms with E-state index in [-0.39, 0.29) is 0 Å². The van der Waals surface area contributed by atoms with Crippen LogP contribution in [-0.2, 0) is 0 Å². The highest BCUT2D eigenvalue weighted by atomic mass is 16.3. The molecule has 3 rings (SSSR count). The summed E-state index contributed by atoms with van der Waals surface area (Å²) in [4.78, 5) is 7.16. The van der Waals surface area contributed by atoms with E-state index in [0.717, 1.165) is 43.2 Å². The molecule has 1 aromatic heterocycles. The third kappa shape index (κ3) is 2.18. The van der Waals surface area contributed by atoms with Crippen LogP contribution >= 0.6 is 0 Å². The molecule has 0 aliphatic carbocycles. The summed E-state index contributed by atoms with van der Waals surface area (Å²) in [6, 6.07) is 2.14. The number of hydrogen-bond acceptors (Lipinski definition) is 4. The molecule has 2 aromatic rings. The smallest absolute Gasteiger partial charge is 0.198 e. The van der Waals surface area contributed by atoms with Crippen molar-refractivity contribution in [2.75, 3.05) is 31.1 Å². The topological polar surface area (TPSA) is 41.3 Å². The number of hydrogen-bond donors (Lipinski definition) is 1. The summed E-state index contributed by atoms with van der Waals surface area (Å²) >= 11 is 0. The lowest BCUT2D eigenvalue weighted by molar-refractivity contribution is 0.501. The Morgan fingerprint density at radius 1 is 1.25 bits per heavy atom. The zero-order valence-electron chi connectivity index (χ0n) is 12.8. The number of rotatable bonds is 2. The van der Waals surface area contributed by atoms with Crippen LogP contribution in [0.15, 0.2) is 10.5 Å². The zero-order chi connectivity index (χ0) is 14.3. The molecule has 1 N–H and O–H groups in total. The van der Waals surface area contributed by atoms with Gasteiger partial charge in [0.2, 0.25) is 0 Å². The van der Waals surface area contributed by atoms with E-state index in [4.69, 9.17) is 9.40 Å². The molecular formula is C16H23N3O. The van der Waals surface area contributed by atoms with Crippen molar-refractivity contribution in [1.29, 1.82) is 0 Å². The summed E-state index contributed by atoms with van der Waals surface area (Å²) in [7, 11) is 0. The maximum Gasteiger partial charge on any atom is 0.198 e. The molecular weight excluding hydrogens is 250 g/mol. The Labute approximate surface area is 120 Å². The minimum atomic E-state index is 0.324. The molecule has 1 saturated heterocycles. The average molecular weight is 273 g/mol. The van der Waals surface area contributed by atoms with Crippen LogP contribution in [0.25, 0.3) is 11.1 Å². The predicted octanol–water partition coefficient (Wildman–Crippen LogP) is 2.98. The summed E-state index contributed by atoms with van der Waals surface area (Å²) in [5.74, 6) is 1.16. The fourth-order valence-electron chi connectivity index (χ4n) is 3.01. The first kappa shape index (κ1) is 13.4. The fourth-order valence-corrected chi connectivity index (χ4v) is 3.01. The van der Waals surface area contributed by atoms with Gasteiger partial charge >= 0.3 is 0 Å². The number of piperazine rings is 1. The molecule has 4 heteroatoms. The minimum absolute atomic E-state index is 0.324. The van der Waals surface area contributed by atoms with E-state index >= 15 is 0 Å². The molecule has 1 fully saturated rings. The van der Waals surface area contributed by atoms with Gasteiger partial charge in [-0.25, -0.2) is 4.98 Å². The highest BCUT2D eigenvalue weighted by molar-refractivity contribution is 5.85. The van der Waals surface area contributed by atoms with E-state index in [1.807, 2.05) is 0 Å². The Morgan fingerprint density at radius 3 is 2.60 bits per heavy atom. The summed E-state index contributed by atoms with van der Waals surface area (Å²) < 4.78 is 5.89. The van der Waals surface area contributed by atoms with Crippen molar-refractivity contribution in [3.63, 3.8) is 0 Å². The number of nitrogens with zero attached hydrogens (tertiary/aromatic N) is 2. The first-order chi connectivity index (χ1) is 9.58. The van der Waals surface area contributed by atoms with Gasteiger partial charge in [0.05, 0.1) is 0 Å². The maximum atomic E-state index is 5.89. The number of benzene rings is 1. The summed E-state index contributed by atoms with van der Waals surface area (Å²) in [5.41, 5.74) is 5.80. The van der Waals surface area contributed by atoms with E-state index in [0.29, 0.717) is 5.92 Å². The molecule has 0 unspecified atom stereocenters. The van der Waals surface area contributed by atoms with Crippen molar-refractivity contribution < 1.29 is 4.42 Å². The van der Waals surface area contributed by atoms with Crippen LogP contribution in [0.1, 0.15) is 36.8 Å². The lowest BCUT2D eigenvalue weighted by atomic mass is 10.1. The zero-order valence-corrected chi connectivity index (χ0v) is 12.8. The van der Waals surface area contributed by atoms with Crippen molar-refractivity contribution in [2.24, 2.45) is 0 Å². The lowest BCUT2D eigenvalue weighted by Gasteiger charge is -2.32. The molecule has 108 valence electrons. The van der Waals surface area contributed by atoms with E-state index in [9.17, 15) is 0 Å². The number of nitrogens with one attached hydrogen (secondary N) is 1. The molecule has 2 heterocycles. The standard InChI is InChI=1S/C16H23N3O/c1-10(2)16-18-14-12(4)15(11(3)9-13(14)20-16)19-7-5-17-6-8-19/h9-10,17H,5-8H2,1-4H3. The van der Waals surface area contributed by atoms with Gasteiger partial charge in [-0.2, -0.15) is 0 Å². The van der Waals surface area contributed by atoms with Gasteiger partial charge in [0.15, 0.2) is 11.5 Å². The molecule has 0 atom stereocenters. The average Bonchev–Trinajstić information content (AvgIpc) is 2.84. The minimum Gasteiger partial charge on any atom is -0.440 e. The molecule has 1 aliphatic rings. The first-order valence-electron chi connectivity index (χ1n) is 7.44. The second-order valence-corrected chi connectivity index (χ2v) is 5.96. The first-order valence-corrected chi connectivity index (χ1v) is 7.44. The van der Waals surface area contributed by atoms with Crippen LogP contribution in [0.2, 0.25) is 0 Å². The van der Waals surface area contributed by atoms with Crippen molar-refractivity contribution in [3.8, 4) is 0 Å². The highest BCUT2D eigenvalue weighted by Crippen LogP contribution is 2.33. The van der Waals surface area contributed by atoms with E-state index in [2.05, 4.69) is 44.0 Å². The van der Waals surface area contributed by atoms with Crippen LogP contribution in [0.5, 0.6) is 0 Å². The third-order valence-corrected chi connectivity index (χ3v) is 4.03. The van der Waals surface area contributed by atoms with Gasteiger partial charge in [0, 0.05) is 43.3 Å². The van der Waals surface area contributed by atoms with Crippen LogP contribution in [0.4, 0.5) is 5.69 Å². The van der Waals surface area contributed by atoms with Gasteiger partial charge in [0.25, 0.3) is 0 Å². The Balaban J connectivity index is 2.12. The van der Waals surface area contributed by atoms with E-state index in [1.165, 1.54) is 16.8 Å². The SMILES string of the molecule is Cc1cc2oc(C(C)C)nc2c(C)c1N1CCNCC1. The normalized spacial score (nSPS) is 16.4. The van der Waals surface area contributed by atoms with Crippen molar-refractivity contribution in [3.05, 3.63) is 23.1 Å². The van der Waals surface area contributed by atoms with Gasteiger partial charge < -0.3 is 14.6 Å². The number of aromatic nitrogens is 1. The summed E-state index contributed by atoms with van der Waals surface area (Å²) in [6.45, 7) is 12.8. The van der Waals surface area contributed by atoms with Crippen LogP contribution < -0.4 is 10.2 Å². The molecule has 0 radical (unpaired) electrons. The number of anilines is 1. The Morgan fingerprint density at radius 2 is 1.95 bits per heavy atom. The van der Waals surface area contributed by atoms with Gasteiger partial charge in [-0.1, -0.05) is 13.8 Å². The van der Waals surface area contributed by atoms with Gasteiger partial charge in [-0.15, -0.1) is 0 Å². The van der Waals surface area contributed by atoms with Crippen LogP contribution in [0.3, 0.4) is 0 Å². The van der Waals surface area contributed by atoms with Crippen molar-refractivity contribution >= 4 is 16.8 Å². The molecule has 0 spiro atoms. The second kappa shape index (κ2) is 5.09. The highest BCUT2D eigenvalue weighted by Gasteiger charge is 2.20. The third-order valence-electron chi connectivity index (χ3n) is 4.03.